The van der Waals surface area contributed by atoms with Crippen molar-refractivity contribution in [1.29, 1.82) is 0 Å². The van der Waals surface area contributed by atoms with Gasteiger partial charge in [-0.2, -0.15) is 0 Å². The number of aromatic nitrogens is 1. The maximum atomic E-state index is 11.8. The topological polar surface area (TPSA) is 51.3 Å². The van der Waals surface area contributed by atoms with E-state index in [2.05, 4.69) is 0 Å². The Morgan fingerprint density at radius 1 is 1.41 bits per heavy atom. The number of fused-ring (bicyclic) bond motifs is 1. The number of anilines is 1. The molecule has 0 radical (unpaired) electrons. The van der Waals surface area contributed by atoms with Gasteiger partial charge in [-0.15, -0.1) is 0 Å². The molecule has 1 amide bonds. The molecule has 17 heavy (non-hydrogen) atoms. The van der Waals surface area contributed by atoms with Crippen LogP contribution in [-0.2, 0) is 11.3 Å². The van der Waals surface area contributed by atoms with Gasteiger partial charge in [0.05, 0.1) is 0 Å². The third-order valence-electron chi connectivity index (χ3n) is 3.00. The van der Waals surface area contributed by atoms with Gasteiger partial charge in [0.2, 0.25) is 5.91 Å². The van der Waals surface area contributed by atoms with Crippen molar-refractivity contribution in [1.82, 2.24) is 9.47 Å². The van der Waals surface area contributed by atoms with E-state index in [9.17, 15) is 4.79 Å². The summed E-state index contributed by atoms with van der Waals surface area (Å²) in [5.74, 6) is 0.113. The van der Waals surface area contributed by atoms with E-state index in [0.717, 1.165) is 23.1 Å². The Morgan fingerprint density at radius 2 is 2.18 bits per heavy atom. The fourth-order valence-electron chi connectivity index (χ4n) is 1.80. The standard InChI is InChI=1S/C13H17N3O/c1-3-15(2)13(17)9-16-7-6-10-8-11(14)4-5-12(10)16/h4-8H,3,9,14H2,1-2H3. The number of likely N-dealkylation sites (N-methyl/N-ethyl adjacent to an activating group) is 1. The Hall–Kier alpha value is -1.97. The minimum absolute atomic E-state index is 0.113. The van der Waals surface area contributed by atoms with Gasteiger partial charge in [0.25, 0.3) is 0 Å². The number of nitrogens with zero attached hydrogens (tertiary/aromatic N) is 2. The minimum Gasteiger partial charge on any atom is -0.399 e. The van der Waals surface area contributed by atoms with E-state index < -0.39 is 0 Å². The van der Waals surface area contributed by atoms with Crippen LogP contribution in [0.25, 0.3) is 10.9 Å². The molecule has 2 aromatic rings. The van der Waals surface area contributed by atoms with Gasteiger partial charge >= 0.3 is 0 Å². The third-order valence-corrected chi connectivity index (χ3v) is 3.00. The highest BCUT2D eigenvalue weighted by Gasteiger charge is 2.09. The number of nitrogens with two attached hydrogens (primary N) is 1. The molecule has 0 bridgehead atoms. The summed E-state index contributed by atoms with van der Waals surface area (Å²) >= 11 is 0. The summed E-state index contributed by atoms with van der Waals surface area (Å²) in [4.78, 5) is 13.5. The molecular formula is C13H17N3O. The van der Waals surface area contributed by atoms with Crippen molar-refractivity contribution in [3.05, 3.63) is 30.5 Å². The highest BCUT2D eigenvalue weighted by Crippen LogP contribution is 2.18. The van der Waals surface area contributed by atoms with Crippen LogP contribution in [0.15, 0.2) is 30.5 Å². The van der Waals surface area contributed by atoms with Crippen molar-refractivity contribution < 1.29 is 4.79 Å². The second kappa shape index (κ2) is 4.49. The molecule has 1 heterocycles. The zero-order valence-electron chi connectivity index (χ0n) is 10.2. The predicted molar refractivity (Wildman–Crippen MR) is 69.7 cm³/mol. The molecule has 0 saturated carbocycles. The molecule has 0 aliphatic heterocycles. The minimum atomic E-state index is 0.113. The van der Waals surface area contributed by atoms with Crippen LogP contribution in [0.5, 0.6) is 0 Å². The number of rotatable bonds is 3. The predicted octanol–water partition coefficient (Wildman–Crippen LogP) is 1.70. The molecule has 2 rings (SSSR count). The van der Waals surface area contributed by atoms with E-state index in [1.807, 2.05) is 49.0 Å². The van der Waals surface area contributed by atoms with Crippen molar-refractivity contribution in [2.24, 2.45) is 0 Å². The zero-order valence-corrected chi connectivity index (χ0v) is 10.2. The molecule has 1 aromatic carbocycles. The van der Waals surface area contributed by atoms with Gasteiger partial charge in [-0.05, 0) is 31.2 Å². The lowest BCUT2D eigenvalue weighted by atomic mass is 10.2. The fraction of sp³-hybridized carbons (Fsp3) is 0.308. The van der Waals surface area contributed by atoms with Gasteiger partial charge < -0.3 is 15.2 Å². The van der Waals surface area contributed by atoms with Crippen LogP contribution in [-0.4, -0.2) is 29.0 Å². The molecule has 0 aliphatic carbocycles. The first-order valence-electron chi connectivity index (χ1n) is 5.70. The summed E-state index contributed by atoms with van der Waals surface area (Å²) in [5, 5.41) is 1.07. The molecule has 90 valence electrons. The second-order valence-corrected chi connectivity index (χ2v) is 4.17. The van der Waals surface area contributed by atoms with Gasteiger partial charge in [0.1, 0.15) is 6.54 Å². The van der Waals surface area contributed by atoms with Gasteiger partial charge in [-0.1, -0.05) is 0 Å². The van der Waals surface area contributed by atoms with Crippen LogP contribution in [0.3, 0.4) is 0 Å². The molecule has 4 heteroatoms. The fourth-order valence-corrected chi connectivity index (χ4v) is 1.80. The lowest BCUT2D eigenvalue weighted by Gasteiger charge is -2.15. The summed E-state index contributed by atoms with van der Waals surface area (Å²) in [7, 11) is 1.81. The average molecular weight is 231 g/mol. The number of carbonyl (C=O) groups excluding carboxylic acids is 1. The first-order chi connectivity index (χ1) is 8.11. The van der Waals surface area contributed by atoms with Gasteiger partial charge in [-0.3, -0.25) is 4.79 Å². The third kappa shape index (κ3) is 2.25. The van der Waals surface area contributed by atoms with Crippen molar-refractivity contribution >= 4 is 22.5 Å². The number of hydrogen-bond acceptors (Lipinski definition) is 2. The molecule has 1 aromatic heterocycles. The Morgan fingerprint density at radius 3 is 2.88 bits per heavy atom. The Kier molecular flexibility index (Phi) is 3.04. The number of benzene rings is 1. The average Bonchev–Trinajstić information content (AvgIpc) is 2.70. The number of amides is 1. The SMILES string of the molecule is CCN(C)C(=O)Cn1ccc2cc(N)ccc21. The van der Waals surface area contributed by atoms with E-state index >= 15 is 0 Å². The van der Waals surface area contributed by atoms with Crippen LogP contribution >= 0.6 is 0 Å². The van der Waals surface area contributed by atoms with E-state index in [1.54, 1.807) is 4.90 Å². The summed E-state index contributed by atoms with van der Waals surface area (Å²) in [6, 6.07) is 7.70. The second-order valence-electron chi connectivity index (χ2n) is 4.17. The van der Waals surface area contributed by atoms with E-state index in [4.69, 9.17) is 5.73 Å². The number of nitrogen functional groups attached to an aromatic ring is 1. The molecular weight excluding hydrogens is 214 g/mol. The highest BCUT2D eigenvalue weighted by molar-refractivity contribution is 5.85. The first-order valence-corrected chi connectivity index (χ1v) is 5.70. The molecule has 0 spiro atoms. The van der Waals surface area contributed by atoms with Crippen LogP contribution in [0, 0.1) is 0 Å². The molecule has 0 fully saturated rings. The van der Waals surface area contributed by atoms with Crippen molar-refractivity contribution in [2.75, 3.05) is 19.3 Å². The summed E-state index contributed by atoms with van der Waals surface area (Å²) < 4.78 is 1.95. The van der Waals surface area contributed by atoms with Crippen LogP contribution in [0.2, 0.25) is 0 Å². The van der Waals surface area contributed by atoms with Crippen LogP contribution in [0.1, 0.15) is 6.92 Å². The maximum absolute atomic E-state index is 11.8. The maximum Gasteiger partial charge on any atom is 0.242 e. The van der Waals surface area contributed by atoms with Gasteiger partial charge in [-0.25, -0.2) is 0 Å². The number of hydrogen-bond donors (Lipinski definition) is 1. The lowest BCUT2D eigenvalue weighted by molar-refractivity contribution is -0.130. The monoisotopic (exact) mass is 231 g/mol. The van der Waals surface area contributed by atoms with Crippen LogP contribution in [0.4, 0.5) is 5.69 Å². The van der Waals surface area contributed by atoms with E-state index in [1.165, 1.54) is 0 Å². The number of carbonyl (C=O) groups is 1. The summed E-state index contributed by atoms with van der Waals surface area (Å²) in [6.45, 7) is 3.06. The molecule has 0 aliphatic rings. The molecule has 0 atom stereocenters. The molecule has 0 saturated heterocycles. The lowest BCUT2D eigenvalue weighted by Crippen LogP contribution is -2.29. The normalized spacial score (nSPS) is 10.7. The largest absolute Gasteiger partial charge is 0.399 e. The zero-order chi connectivity index (χ0) is 12.4. The Balaban J connectivity index is 2.28. The highest BCUT2D eigenvalue weighted by atomic mass is 16.2. The summed E-state index contributed by atoms with van der Waals surface area (Å²) in [5.41, 5.74) is 7.50. The Labute approximate surface area is 101 Å². The van der Waals surface area contributed by atoms with Gasteiger partial charge in [0.15, 0.2) is 0 Å². The quantitative estimate of drug-likeness (QED) is 0.817. The first kappa shape index (κ1) is 11.5. The summed E-state index contributed by atoms with van der Waals surface area (Å²) in [6.07, 6.45) is 1.92. The van der Waals surface area contributed by atoms with Gasteiger partial charge in [0, 0.05) is 36.4 Å². The van der Waals surface area contributed by atoms with Crippen molar-refractivity contribution in [2.45, 2.75) is 13.5 Å². The van der Waals surface area contributed by atoms with Crippen LogP contribution < -0.4 is 5.73 Å². The molecule has 4 nitrogen and oxygen atoms in total. The van der Waals surface area contributed by atoms with Crippen molar-refractivity contribution in [3.63, 3.8) is 0 Å². The van der Waals surface area contributed by atoms with Crippen molar-refractivity contribution in [3.8, 4) is 0 Å². The Bertz CT molecular complexity index is 545. The van der Waals surface area contributed by atoms with E-state index in [0.29, 0.717) is 6.54 Å². The smallest absolute Gasteiger partial charge is 0.242 e. The van der Waals surface area contributed by atoms with E-state index in [-0.39, 0.29) is 5.91 Å². The molecule has 0 unspecified atom stereocenters. The molecule has 2 N–H and O–H groups in total.